The summed E-state index contributed by atoms with van der Waals surface area (Å²) in [5.74, 6) is 1.71. The highest BCUT2D eigenvalue weighted by Gasteiger charge is 2.39. The van der Waals surface area contributed by atoms with Crippen molar-refractivity contribution in [3.63, 3.8) is 0 Å². The van der Waals surface area contributed by atoms with Crippen LogP contribution in [0.4, 0.5) is 5.69 Å². The van der Waals surface area contributed by atoms with Crippen molar-refractivity contribution >= 4 is 29.9 Å². The predicted molar refractivity (Wildman–Crippen MR) is 115 cm³/mol. The first kappa shape index (κ1) is 23.3. The van der Waals surface area contributed by atoms with Crippen molar-refractivity contribution in [3.05, 3.63) is 18.2 Å². The average molecular weight is 426 g/mol. The lowest BCUT2D eigenvalue weighted by Gasteiger charge is -2.33. The van der Waals surface area contributed by atoms with Crippen LogP contribution in [0.25, 0.3) is 0 Å². The van der Waals surface area contributed by atoms with Crippen molar-refractivity contribution in [1.29, 1.82) is 0 Å². The van der Waals surface area contributed by atoms with Gasteiger partial charge >= 0.3 is 0 Å². The molecule has 1 aromatic rings. The van der Waals surface area contributed by atoms with Crippen LogP contribution in [0.2, 0.25) is 0 Å². The third kappa shape index (κ3) is 5.34. The summed E-state index contributed by atoms with van der Waals surface area (Å²) in [6.45, 7) is 3.02. The molecule has 0 saturated carbocycles. The number of carbonyl (C=O) groups is 2. The molecule has 7 nitrogen and oxygen atoms in total. The molecule has 1 atom stereocenters. The fraction of sp³-hybridized carbons (Fsp3) is 0.619. The Labute approximate surface area is 179 Å². The van der Waals surface area contributed by atoms with Gasteiger partial charge in [0.05, 0.1) is 25.8 Å². The smallest absolute Gasteiger partial charge is 0.228 e. The van der Waals surface area contributed by atoms with E-state index in [2.05, 4.69) is 5.32 Å². The van der Waals surface area contributed by atoms with Gasteiger partial charge in [-0.3, -0.25) is 9.59 Å². The summed E-state index contributed by atoms with van der Waals surface area (Å²) in [5.41, 5.74) is 0.689. The maximum Gasteiger partial charge on any atom is 0.228 e. The van der Waals surface area contributed by atoms with Crippen molar-refractivity contribution in [2.24, 2.45) is 11.8 Å². The number of carbonyl (C=O) groups excluding carboxylic acids is 2. The molecule has 2 aliphatic rings. The number of nitrogens with one attached hydrogen (secondary N) is 1. The molecule has 0 radical (unpaired) electrons. The van der Waals surface area contributed by atoms with Crippen LogP contribution in [-0.4, -0.2) is 64.2 Å². The van der Waals surface area contributed by atoms with Crippen LogP contribution in [0.3, 0.4) is 0 Å². The van der Waals surface area contributed by atoms with Crippen molar-refractivity contribution in [2.45, 2.75) is 25.7 Å². The van der Waals surface area contributed by atoms with E-state index in [-0.39, 0.29) is 36.6 Å². The number of methoxy groups -OCH3 is 2. The first-order chi connectivity index (χ1) is 13.6. The summed E-state index contributed by atoms with van der Waals surface area (Å²) in [4.78, 5) is 29.2. The molecule has 2 heterocycles. The number of piperidine rings is 1. The summed E-state index contributed by atoms with van der Waals surface area (Å²) in [6.07, 6.45) is 3.51. The third-order valence-corrected chi connectivity index (χ3v) is 5.88. The Hall–Kier alpha value is -1.99. The van der Waals surface area contributed by atoms with Gasteiger partial charge in [-0.15, -0.1) is 12.4 Å². The second kappa shape index (κ2) is 10.7. The number of hydrogen-bond donors (Lipinski definition) is 1. The number of likely N-dealkylation sites (tertiary alicyclic amines) is 1. The van der Waals surface area contributed by atoms with E-state index >= 15 is 0 Å². The fourth-order valence-corrected chi connectivity index (χ4v) is 4.16. The number of halogens is 1. The fourth-order valence-electron chi connectivity index (χ4n) is 4.16. The van der Waals surface area contributed by atoms with Gasteiger partial charge in [0, 0.05) is 32.1 Å². The van der Waals surface area contributed by atoms with Gasteiger partial charge in [0.15, 0.2) is 0 Å². The summed E-state index contributed by atoms with van der Waals surface area (Å²) in [7, 11) is 5.13. The molecule has 0 aromatic heterocycles. The van der Waals surface area contributed by atoms with E-state index in [0.29, 0.717) is 29.6 Å². The molecule has 29 heavy (non-hydrogen) atoms. The number of nitrogens with zero attached hydrogens (tertiary/aromatic N) is 2. The highest BCUT2D eigenvalue weighted by atomic mass is 35.5. The van der Waals surface area contributed by atoms with Gasteiger partial charge < -0.3 is 24.6 Å². The molecular formula is C21H32ClN3O4. The van der Waals surface area contributed by atoms with E-state index in [4.69, 9.17) is 9.47 Å². The zero-order valence-corrected chi connectivity index (χ0v) is 18.3. The highest BCUT2D eigenvalue weighted by molar-refractivity contribution is 6.01. The molecule has 0 bridgehead atoms. The average Bonchev–Trinajstić information content (AvgIpc) is 3.12. The molecule has 162 valence electrons. The Balaban J connectivity index is 0.00000300. The van der Waals surface area contributed by atoms with Gasteiger partial charge in [0.2, 0.25) is 11.8 Å². The normalized spacial score (nSPS) is 19.8. The van der Waals surface area contributed by atoms with Gasteiger partial charge in [0.1, 0.15) is 11.5 Å². The Kier molecular flexibility index (Phi) is 8.59. The molecule has 2 amide bonds. The quantitative estimate of drug-likeness (QED) is 0.726. The van der Waals surface area contributed by atoms with Crippen LogP contribution >= 0.6 is 12.4 Å². The molecule has 2 aliphatic heterocycles. The van der Waals surface area contributed by atoms with Gasteiger partial charge in [-0.1, -0.05) is 0 Å². The summed E-state index contributed by atoms with van der Waals surface area (Å²) in [6, 6.07) is 5.37. The number of hydrogen-bond acceptors (Lipinski definition) is 5. The maximum absolute atomic E-state index is 13.0. The molecular weight excluding hydrogens is 394 g/mol. The topological polar surface area (TPSA) is 71.1 Å². The molecule has 2 saturated heterocycles. The van der Waals surface area contributed by atoms with E-state index < -0.39 is 0 Å². The van der Waals surface area contributed by atoms with Crippen molar-refractivity contribution < 1.29 is 19.1 Å². The van der Waals surface area contributed by atoms with Crippen LogP contribution in [-0.2, 0) is 9.59 Å². The first-order valence-electron chi connectivity index (χ1n) is 10.0. The summed E-state index contributed by atoms with van der Waals surface area (Å²) in [5, 5.41) is 3.19. The molecule has 1 N–H and O–H groups in total. The molecule has 2 fully saturated rings. The molecule has 1 aromatic carbocycles. The molecule has 8 heteroatoms. The zero-order valence-electron chi connectivity index (χ0n) is 17.5. The van der Waals surface area contributed by atoms with Crippen LogP contribution in [0.1, 0.15) is 25.7 Å². The number of anilines is 1. The van der Waals surface area contributed by atoms with Gasteiger partial charge in [0.25, 0.3) is 0 Å². The highest BCUT2D eigenvalue weighted by Crippen LogP contribution is 2.36. The Morgan fingerprint density at radius 1 is 1.21 bits per heavy atom. The van der Waals surface area contributed by atoms with Crippen LogP contribution in [0.15, 0.2) is 18.2 Å². The summed E-state index contributed by atoms with van der Waals surface area (Å²) >= 11 is 0. The lowest BCUT2D eigenvalue weighted by Crippen LogP contribution is -2.42. The minimum Gasteiger partial charge on any atom is -0.497 e. The second-order valence-electron chi connectivity index (χ2n) is 7.60. The van der Waals surface area contributed by atoms with Gasteiger partial charge in [-0.25, -0.2) is 0 Å². The Morgan fingerprint density at radius 3 is 2.55 bits per heavy atom. The Bertz CT molecular complexity index is 707. The number of rotatable bonds is 7. The van der Waals surface area contributed by atoms with Crippen molar-refractivity contribution in [3.8, 4) is 11.5 Å². The first-order valence-corrected chi connectivity index (χ1v) is 10.0. The number of amides is 2. The SMILES string of the molecule is CNCCC1CCN(C(=O)C2CC(=O)N(c3ccc(OC)cc3OC)C2)CC1.Cl. The predicted octanol–water partition coefficient (Wildman–Crippen LogP) is 2.33. The standard InChI is InChI=1S/C21H31N3O4.ClH/c1-22-9-6-15-7-10-23(11-8-15)21(26)16-12-20(25)24(14-16)18-5-4-17(27-2)13-19(18)28-3;/h4-5,13,15-16,22H,6-12,14H2,1-3H3;1H. The second-order valence-corrected chi connectivity index (χ2v) is 7.60. The van der Waals surface area contributed by atoms with E-state index in [0.717, 1.165) is 38.9 Å². The lowest BCUT2D eigenvalue weighted by atomic mass is 9.92. The van der Waals surface area contributed by atoms with Crippen LogP contribution < -0.4 is 19.7 Å². The van der Waals surface area contributed by atoms with E-state index in [9.17, 15) is 9.59 Å². The van der Waals surface area contributed by atoms with E-state index in [1.165, 1.54) is 0 Å². The third-order valence-electron chi connectivity index (χ3n) is 5.88. The van der Waals surface area contributed by atoms with Crippen LogP contribution in [0, 0.1) is 11.8 Å². The zero-order chi connectivity index (χ0) is 20.1. The van der Waals surface area contributed by atoms with E-state index in [1.807, 2.05) is 18.0 Å². The largest absolute Gasteiger partial charge is 0.497 e. The summed E-state index contributed by atoms with van der Waals surface area (Å²) < 4.78 is 10.7. The molecule has 0 spiro atoms. The Morgan fingerprint density at radius 2 is 1.93 bits per heavy atom. The van der Waals surface area contributed by atoms with Gasteiger partial charge in [-0.2, -0.15) is 0 Å². The number of benzene rings is 1. The van der Waals surface area contributed by atoms with Crippen LogP contribution in [0.5, 0.6) is 11.5 Å². The number of ether oxygens (including phenoxy) is 2. The minimum atomic E-state index is -0.284. The lowest BCUT2D eigenvalue weighted by molar-refractivity contribution is -0.137. The van der Waals surface area contributed by atoms with Gasteiger partial charge in [-0.05, 0) is 50.9 Å². The monoisotopic (exact) mass is 425 g/mol. The molecule has 0 aliphatic carbocycles. The van der Waals surface area contributed by atoms with Crippen molar-refractivity contribution in [2.75, 3.05) is 52.3 Å². The van der Waals surface area contributed by atoms with Crippen molar-refractivity contribution in [1.82, 2.24) is 10.2 Å². The maximum atomic E-state index is 13.0. The molecule has 3 rings (SSSR count). The minimum absolute atomic E-state index is 0. The molecule has 1 unspecified atom stereocenters. The van der Waals surface area contributed by atoms with E-state index in [1.54, 1.807) is 31.3 Å².